The molecule has 28 heavy (non-hydrogen) atoms. The number of nitrogen functional groups attached to an aromatic ring is 1. The number of benzene rings is 1. The van der Waals surface area contributed by atoms with Crippen LogP contribution in [-0.2, 0) is 13.1 Å². The number of aromatic nitrogens is 5. The maximum atomic E-state index is 14.1. The van der Waals surface area contributed by atoms with Crippen LogP contribution < -0.4 is 5.73 Å². The largest absolute Gasteiger partial charge is 0.375 e. The highest BCUT2D eigenvalue weighted by molar-refractivity contribution is 7.15. The van der Waals surface area contributed by atoms with Crippen LogP contribution in [0.4, 0.5) is 9.52 Å². The van der Waals surface area contributed by atoms with Gasteiger partial charge >= 0.3 is 0 Å². The van der Waals surface area contributed by atoms with E-state index >= 15 is 0 Å². The van der Waals surface area contributed by atoms with Gasteiger partial charge in [-0.05, 0) is 38.1 Å². The van der Waals surface area contributed by atoms with Gasteiger partial charge in [0.25, 0.3) is 0 Å². The van der Waals surface area contributed by atoms with Gasteiger partial charge in [-0.3, -0.25) is 9.36 Å². The van der Waals surface area contributed by atoms with Gasteiger partial charge in [0, 0.05) is 22.5 Å². The summed E-state index contributed by atoms with van der Waals surface area (Å²) < 4.78 is 17.6. The zero-order valence-electron chi connectivity index (χ0n) is 15.4. The van der Waals surface area contributed by atoms with Gasteiger partial charge in [-0.15, -0.1) is 0 Å². The first-order chi connectivity index (χ1) is 13.4. The Morgan fingerprint density at radius 2 is 2.00 bits per heavy atom. The Morgan fingerprint density at radius 1 is 1.18 bits per heavy atom. The average molecular weight is 417 g/mol. The fourth-order valence-electron chi connectivity index (χ4n) is 3.07. The first-order valence-electron chi connectivity index (χ1n) is 8.63. The van der Waals surface area contributed by atoms with E-state index in [2.05, 4.69) is 15.2 Å². The average Bonchev–Trinajstić information content (AvgIpc) is 3.31. The van der Waals surface area contributed by atoms with Crippen LogP contribution in [0, 0.1) is 19.7 Å². The van der Waals surface area contributed by atoms with E-state index < -0.39 is 0 Å². The lowest BCUT2D eigenvalue weighted by atomic mass is 10.2. The number of thiazole rings is 1. The van der Waals surface area contributed by atoms with E-state index in [1.807, 2.05) is 30.7 Å². The fourth-order valence-corrected chi connectivity index (χ4v) is 4.12. The molecule has 0 aliphatic carbocycles. The summed E-state index contributed by atoms with van der Waals surface area (Å²) >= 11 is 7.54. The van der Waals surface area contributed by atoms with Gasteiger partial charge in [-0.25, -0.2) is 9.37 Å². The van der Waals surface area contributed by atoms with Crippen LogP contribution in [0.1, 0.15) is 21.8 Å². The van der Waals surface area contributed by atoms with Crippen molar-refractivity contribution in [2.45, 2.75) is 26.9 Å². The molecule has 0 fully saturated rings. The maximum Gasteiger partial charge on any atom is 0.180 e. The summed E-state index contributed by atoms with van der Waals surface area (Å²) in [5, 5.41) is 9.90. The highest BCUT2D eigenvalue weighted by Crippen LogP contribution is 2.30. The van der Waals surface area contributed by atoms with Gasteiger partial charge in [0.05, 0.1) is 23.7 Å². The van der Waals surface area contributed by atoms with Crippen LogP contribution in [0.2, 0.25) is 5.02 Å². The standard InChI is InChI=1S/C19H18ClFN6S/c1-11-8-12(2)27(24-11)10-17-18(23-19(22)28-17)16-6-7-26(25-16)9-13-14(20)4-3-5-15(13)21/h3-8H,9-10H2,1-2H3,(H2,22,23). The van der Waals surface area contributed by atoms with Gasteiger partial charge in [0.1, 0.15) is 17.2 Å². The maximum absolute atomic E-state index is 14.1. The Balaban J connectivity index is 1.63. The molecule has 3 aromatic heterocycles. The molecule has 0 unspecified atom stereocenters. The lowest BCUT2D eigenvalue weighted by Crippen LogP contribution is -2.05. The number of aryl methyl sites for hydroxylation is 2. The van der Waals surface area contributed by atoms with Gasteiger partial charge in [0.15, 0.2) is 5.13 Å². The highest BCUT2D eigenvalue weighted by atomic mass is 35.5. The van der Waals surface area contributed by atoms with Crippen LogP contribution in [0.3, 0.4) is 0 Å². The molecular weight excluding hydrogens is 399 g/mol. The molecule has 0 aliphatic rings. The summed E-state index contributed by atoms with van der Waals surface area (Å²) in [7, 11) is 0. The van der Waals surface area contributed by atoms with Crippen molar-refractivity contribution in [3.05, 3.63) is 69.2 Å². The fraction of sp³-hybridized carbons (Fsp3) is 0.211. The predicted octanol–water partition coefficient (Wildman–Crippen LogP) is 4.29. The topological polar surface area (TPSA) is 74.6 Å². The molecule has 3 heterocycles. The smallest absolute Gasteiger partial charge is 0.180 e. The molecule has 2 N–H and O–H groups in total. The van der Waals surface area contributed by atoms with Crippen LogP contribution in [0.15, 0.2) is 36.5 Å². The molecule has 0 aliphatic heterocycles. The Morgan fingerprint density at radius 3 is 2.71 bits per heavy atom. The van der Waals surface area contributed by atoms with Crippen molar-refractivity contribution in [1.29, 1.82) is 0 Å². The number of anilines is 1. The zero-order valence-corrected chi connectivity index (χ0v) is 16.9. The minimum atomic E-state index is -0.354. The van der Waals surface area contributed by atoms with Crippen LogP contribution >= 0.6 is 22.9 Å². The van der Waals surface area contributed by atoms with E-state index in [9.17, 15) is 4.39 Å². The molecule has 4 aromatic rings. The predicted molar refractivity (Wildman–Crippen MR) is 109 cm³/mol. The van der Waals surface area contributed by atoms with Crippen molar-refractivity contribution in [3.63, 3.8) is 0 Å². The van der Waals surface area contributed by atoms with Crippen LogP contribution in [0.5, 0.6) is 0 Å². The van der Waals surface area contributed by atoms with Gasteiger partial charge in [0.2, 0.25) is 0 Å². The molecule has 144 valence electrons. The first kappa shape index (κ1) is 18.6. The number of hydrogen-bond acceptors (Lipinski definition) is 5. The van der Waals surface area contributed by atoms with E-state index in [0.717, 1.165) is 16.3 Å². The lowest BCUT2D eigenvalue weighted by molar-refractivity contribution is 0.586. The van der Waals surface area contributed by atoms with E-state index in [4.69, 9.17) is 17.3 Å². The molecule has 0 atom stereocenters. The molecule has 0 saturated heterocycles. The van der Waals surface area contributed by atoms with E-state index in [1.54, 1.807) is 23.0 Å². The van der Waals surface area contributed by atoms with Crippen molar-refractivity contribution in [1.82, 2.24) is 24.5 Å². The molecular formula is C19H18ClFN6S. The number of hydrogen-bond donors (Lipinski definition) is 1. The third kappa shape index (κ3) is 3.65. The third-order valence-electron chi connectivity index (χ3n) is 4.38. The summed E-state index contributed by atoms with van der Waals surface area (Å²) in [5.74, 6) is -0.354. The normalized spacial score (nSPS) is 11.3. The number of nitrogens with two attached hydrogens (primary N) is 1. The molecule has 0 spiro atoms. The van der Waals surface area contributed by atoms with E-state index in [0.29, 0.717) is 33.7 Å². The van der Waals surface area contributed by atoms with Crippen molar-refractivity contribution in [2.75, 3.05) is 5.73 Å². The molecule has 0 saturated carbocycles. The Hall–Kier alpha value is -2.71. The first-order valence-corrected chi connectivity index (χ1v) is 9.83. The lowest BCUT2D eigenvalue weighted by Gasteiger charge is -2.06. The van der Waals surface area contributed by atoms with Crippen molar-refractivity contribution in [2.24, 2.45) is 0 Å². The molecule has 1 aromatic carbocycles. The molecule has 0 amide bonds. The number of nitrogens with zero attached hydrogens (tertiary/aromatic N) is 5. The van der Waals surface area contributed by atoms with Gasteiger partial charge in [-0.1, -0.05) is 29.0 Å². The number of rotatable bonds is 5. The minimum absolute atomic E-state index is 0.234. The summed E-state index contributed by atoms with van der Waals surface area (Å²) in [5.41, 5.74) is 9.78. The summed E-state index contributed by atoms with van der Waals surface area (Å²) in [6.07, 6.45) is 1.78. The van der Waals surface area contributed by atoms with Gasteiger partial charge in [-0.2, -0.15) is 10.2 Å². The molecule has 0 radical (unpaired) electrons. The summed E-state index contributed by atoms with van der Waals surface area (Å²) in [4.78, 5) is 5.42. The van der Waals surface area contributed by atoms with Crippen molar-refractivity contribution < 1.29 is 4.39 Å². The Kier molecular flexibility index (Phi) is 4.91. The second kappa shape index (κ2) is 7.37. The Bertz CT molecular complexity index is 1130. The van der Waals surface area contributed by atoms with E-state index in [1.165, 1.54) is 17.4 Å². The third-order valence-corrected chi connectivity index (χ3v) is 5.60. The van der Waals surface area contributed by atoms with Crippen LogP contribution in [-0.4, -0.2) is 24.5 Å². The second-order valence-electron chi connectivity index (χ2n) is 6.51. The molecule has 4 rings (SSSR count). The molecule has 9 heteroatoms. The summed E-state index contributed by atoms with van der Waals surface area (Å²) in [6.45, 7) is 4.77. The second-order valence-corrected chi connectivity index (χ2v) is 8.03. The van der Waals surface area contributed by atoms with Crippen molar-refractivity contribution >= 4 is 28.1 Å². The molecule has 6 nitrogen and oxygen atoms in total. The quantitative estimate of drug-likeness (QED) is 0.526. The minimum Gasteiger partial charge on any atom is -0.375 e. The SMILES string of the molecule is Cc1cc(C)n(Cc2sc(N)nc2-c2ccn(Cc3c(F)cccc3Cl)n2)n1. The Labute approximate surface area is 170 Å². The van der Waals surface area contributed by atoms with Gasteiger partial charge < -0.3 is 5.73 Å². The van der Waals surface area contributed by atoms with E-state index in [-0.39, 0.29) is 12.4 Å². The van der Waals surface area contributed by atoms with Crippen LogP contribution in [0.25, 0.3) is 11.4 Å². The van der Waals surface area contributed by atoms with Crippen molar-refractivity contribution in [3.8, 4) is 11.4 Å². The molecule has 0 bridgehead atoms. The highest BCUT2D eigenvalue weighted by Gasteiger charge is 2.17. The monoisotopic (exact) mass is 416 g/mol. The number of halogens is 2. The zero-order chi connectivity index (χ0) is 19.8. The summed E-state index contributed by atoms with van der Waals surface area (Å²) in [6, 6.07) is 8.50.